The molecule has 1 aromatic heterocycles. The van der Waals surface area contributed by atoms with E-state index in [4.69, 9.17) is 0 Å². The van der Waals surface area contributed by atoms with E-state index in [2.05, 4.69) is 11.2 Å². The molecule has 0 saturated carbocycles. The Morgan fingerprint density at radius 1 is 1.60 bits per heavy atom. The molecule has 3 heteroatoms. The van der Waals surface area contributed by atoms with Crippen LogP contribution in [0.1, 0.15) is 0 Å². The van der Waals surface area contributed by atoms with Crippen LogP contribution >= 0.6 is 0 Å². The van der Waals surface area contributed by atoms with Crippen molar-refractivity contribution >= 4 is 5.69 Å². The van der Waals surface area contributed by atoms with Gasteiger partial charge in [0.25, 0.3) is 0 Å². The van der Waals surface area contributed by atoms with Gasteiger partial charge < -0.3 is 4.90 Å². The molecular weight excluding hydrogens is 131 g/mol. The van der Waals surface area contributed by atoms with E-state index in [9.17, 15) is 4.39 Å². The minimum absolute atomic E-state index is 0.292. The zero-order chi connectivity index (χ0) is 7.56. The first kappa shape index (κ1) is 6.99. The van der Waals surface area contributed by atoms with Gasteiger partial charge in [0.05, 0.1) is 0 Å². The van der Waals surface area contributed by atoms with Gasteiger partial charge in [-0.1, -0.05) is 0 Å². The van der Waals surface area contributed by atoms with Gasteiger partial charge in [-0.25, -0.2) is 4.39 Å². The van der Waals surface area contributed by atoms with E-state index in [0.29, 0.717) is 5.69 Å². The zero-order valence-electron chi connectivity index (χ0n) is 5.93. The van der Waals surface area contributed by atoms with Crippen LogP contribution in [0.2, 0.25) is 0 Å². The third-order valence-electron chi connectivity index (χ3n) is 1.14. The molecule has 1 radical (unpaired) electrons. The molecule has 53 valence electrons. The largest absolute Gasteiger partial charge is 0.373 e. The van der Waals surface area contributed by atoms with Gasteiger partial charge in [-0.05, 0) is 6.07 Å². The van der Waals surface area contributed by atoms with Crippen molar-refractivity contribution in [2.45, 2.75) is 0 Å². The van der Waals surface area contributed by atoms with Crippen LogP contribution in [-0.4, -0.2) is 19.1 Å². The first-order valence-corrected chi connectivity index (χ1v) is 2.91. The Morgan fingerprint density at radius 2 is 2.30 bits per heavy atom. The molecule has 0 atom stereocenters. The molecule has 1 heterocycles. The van der Waals surface area contributed by atoms with Gasteiger partial charge in [0.2, 0.25) is 0 Å². The highest BCUT2D eigenvalue weighted by Crippen LogP contribution is 2.12. The Kier molecular flexibility index (Phi) is 1.85. The van der Waals surface area contributed by atoms with Gasteiger partial charge in [-0.15, -0.1) is 0 Å². The molecule has 0 saturated heterocycles. The number of hydrogen-bond donors (Lipinski definition) is 0. The second-order valence-corrected chi connectivity index (χ2v) is 2.15. The summed E-state index contributed by atoms with van der Waals surface area (Å²) in [6, 6.07) is 1.31. The standard InChI is InChI=1S/C7H8FN2/c1-10(2)7-5-9-4-3-6(7)8/h3-4H,1-2H3. The molecule has 1 aromatic rings. The Balaban J connectivity index is 3.03. The summed E-state index contributed by atoms with van der Waals surface area (Å²) < 4.78 is 12.7. The normalized spacial score (nSPS) is 9.50. The number of pyridine rings is 1. The summed E-state index contributed by atoms with van der Waals surface area (Å²) in [6.07, 6.45) is 3.91. The minimum atomic E-state index is -0.292. The molecule has 0 aromatic carbocycles. The summed E-state index contributed by atoms with van der Waals surface area (Å²) in [5.41, 5.74) is 0.391. The van der Waals surface area contributed by atoms with Gasteiger partial charge in [-0.2, -0.15) is 0 Å². The van der Waals surface area contributed by atoms with Crippen molar-refractivity contribution in [3.8, 4) is 0 Å². The number of aromatic nitrogens is 1. The first-order chi connectivity index (χ1) is 4.72. The summed E-state index contributed by atoms with van der Waals surface area (Å²) in [5.74, 6) is -0.292. The lowest BCUT2D eigenvalue weighted by Gasteiger charge is -2.10. The molecular formula is C7H8FN2. The van der Waals surface area contributed by atoms with Crippen molar-refractivity contribution in [3.05, 3.63) is 24.3 Å². The lowest BCUT2D eigenvalue weighted by atomic mass is 10.4. The van der Waals surface area contributed by atoms with E-state index in [-0.39, 0.29) is 5.82 Å². The molecule has 0 N–H and O–H groups in total. The maximum atomic E-state index is 12.7. The Hall–Kier alpha value is -1.12. The third kappa shape index (κ3) is 1.23. The lowest BCUT2D eigenvalue weighted by molar-refractivity contribution is 0.623. The molecule has 0 aliphatic carbocycles. The van der Waals surface area contributed by atoms with Crippen LogP contribution in [0.4, 0.5) is 10.1 Å². The second kappa shape index (κ2) is 2.64. The van der Waals surface area contributed by atoms with Crippen molar-refractivity contribution in [1.29, 1.82) is 0 Å². The number of rotatable bonds is 1. The second-order valence-electron chi connectivity index (χ2n) is 2.15. The van der Waals surface area contributed by atoms with Gasteiger partial charge in [0, 0.05) is 20.3 Å². The number of hydrogen-bond acceptors (Lipinski definition) is 2. The fraction of sp³-hybridized carbons (Fsp3) is 0.286. The van der Waals surface area contributed by atoms with E-state index in [1.54, 1.807) is 19.0 Å². The number of anilines is 1. The molecule has 0 spiro atoms. The van der Waals surface area contributed by atoms with Crippen LogP contribution < -0.4 is 4.90 Å². The highest BCUT2D eigenvalue weighted by Gasteiger charge is 2.01. The average molecular weight is 139 g/mol. The van der Waals surface area contributed by atoms with Crippen LogP contribution in [0.5, 0.6) is 0 Å². The fourth-order valence-corrected chi connectivity index (χ4v) is 0.647. The minimum Gasteiger partial charge on any atom is -0.373 e. The number of nitrogens with zero attached hydrogens (tertiary/aromatic N) is 2. The lowest BCUT2D eigenvalue weighted by Crippen LogP contribution is -2.10. The van der Waals surface area contributed by atoms with Crippen LogP contribution in [-0.2, 0) is 0 Å². The Bertz CT molecular complexity index is 223. The quantitative estimate of drug-likeness (QED) is 0.579. The molecule has 0 unspecified atom stereocenters. The molecule has 0 bridgehead atoms. The molecule has 2 nitrogen and oxygen atoms in total. The van der Waals surface area contributed by atoms with Crippen LogP contribution in [0.3, 0.4) is 0 Å². The summed E-state index contributed by atoms with van der Waals surface area (Å²) in [4.78, 5) is 5.29. The predicted octanol–water partition coefficient (Wildman–Crippen LogP) is 1.09. The molecule has 0 aliphatic heterocycles. The zero-order valence-corrected chi connectivity index (χ0v) is 5.93. The predicted molar refractivity (Wildman–Crippen MR) is 37.4 cm³/mol. The smallest absolute Gasteiger partial charge is 0.150 e. The Labute approximate surface area is 59.3 Å². The van der Waals surface area contributed by atoms with Crippen LogP contribution in [0.25, 0.3) is 0 Å². The summed E-state index contributed by atoms with van der Waals surface area (Å²) in [7, 11) is 3.49. The monoisotopic (exact) mass is 139 g/mol. The number of halogens is 1. The summed E-state index contributed by atoms with van der Waals surface area (Å²) in [5, 5.41) is 0. The van der Waals surface area contributed by atoms with E-state index in [0.717, 1.165) is 0 Å². The summed E-state index contributed by atoms with van der Waals surface area (Å²) >= 11 is 0. The topological polar surface area (TPSA) is 16.1 Å². The molecule has 0 aliphatic rings. The van der Waals surface area contributed by atoms with Crippen LogP contribution in [0, 0.1) is 12.0 Å². The third-order valence-corrected chi connectivity index (χ3v) is 1.14. The molecule has 0 fully saturated rings. The Morgan fingerprint density at radius 3 is 2.70 bits per heavy atom. The first-order valence-electron chi connectivity index (χ1n) is 2.91. The molecule has 0 amide bonds. The van der Waals surface area contributed by atoms with Gasteiger partial charge in [0.15, 0.2) is 0 Å². The van der Waals surface area contributed by atoms with E-state index in [1.165, 1.54) is 12.3 Å². The maximum absolute atomic E-state index is 12.7. The van der Waals surface area contributed by atoms with E-state index >= 15 is 0 Å². The van der Waals surface area contributed by atoms with Crippen molar-refractivity contribution in [3.63, 3.8) is 0 Å². The van der Waals surface area contributed by atoms with Gasteiger partial charge >= 0.3 is 0 Å². The average Bonchev–Trinajstić information content (AvgIpc) is 1.88. The van der Waals surface area contributed by atoms with Gasteiger partial charge in [-0.3, -0.25) is 4.98 Å². The van der Waals surface area contributed by atoms with Crippen molar-refractivity contribution in [2.75, 3.05) is 19.0 Å². The molecule has 1 rings (SSSR count). The van der Waals surface area contributed by atoms with E-state index < -0.39 is 0 Å². The van der Waals surface area contributed by atoms with Crippen LogP contribution in [0.15, 0.2) is 12.3 Å². The highest BCUT2D eigenvalue weighted by molar-refractivity contribution is 5.42. The van der Waals surface area contributed by atoms with Gasteiger partial charge in [0.1, 0.15) is 17.7 Å². The fourth-order valence-electron chi connectivity index (χ4n) is 0.647. The maximum Gasteiger partial charge on any atom is 0.150 e. The van der Waals surface area contributed by atoms with Crippen molar-refractivity contribution in [1.82, 2.24) is 4.98 Å². The SMILES string of the molecule is CN(C)c1[c]nccc1F. The summed E-state index contributed by atoms with van der Waals surface area (Å²) in [6.45, 7) is 0. The van der Waals surface area contributed by atoms with E-state index in [1.807, 2.05) is 0 Å². The highest BCUT2D eigenvalue weighted by atomic mass is 19.1. The van der Waals surface area contributed by atoms with Crippen molar-refractivity contribution < 1.29 is 4.39 Å². The molecule has 10 heavy (non-hydrogen) atoms. The van der Waals surface area contributed by atoms with Crippen molar-refractivity contribution in [2.24, 2.45) is 0 Å².